The monoisotopic (exact) mass is 259 g/mol. The van der Waals surface area contributed by atoms with Crippen molar-refractivity contribution < 1.29 is 4.79 Å². The van der Waals surface area contributed by atoms with Crippen LogP contribution in [0.1, 0.15) is 24.8 Å². The number of nitrogens with zero attached hydrogens (tertiary/aromatic N) is 3. The summed E-state index contributed by atoms with van der Waals surface area (Å²) in [6.45, 7) is 3.97. The SMILES string of the molecule is CN1CCC2(CCN(Cc3ccncc3)CC2)C1=O. The Balaban J connectivity index is 1.60. The van der Waals surface area contributed by atoms with Crippen LogP contribution in [0.25, 0.3) is 0 Å². The van der Waals surface area contributed by atoms with E-state index in [-0.39, 0.29) is 5.41 Å². The van der Waals surface area contributed by atoms with Gasteiger partial charge < -0.3 is 4.90 Å². The minimum absolute atomic E-state index is 0.0382. The largest absolute Gasteiger partial charge is 0.345 e. The fourth-order valence-corrected chi connectivity index (χ4v) is 3.34. The van der Waals surface area contributed by atoms with Gasteiger partial charge in [-0.1, -0.05) is 0 Å². The van der Waals surface area contributed by atoms with Crippen LogP contribution in [0.5, 0.6) is 0 Å². The maximum atomic E-state index is 12.2. The van der Waals surface area contributed by atoms with E-state index in [4.69, 9.17) is 0 Å². The Kier molecular flexibility index (Phi) is 3.27. The minimum Gasteiger partial charge on any atom is -0.345 e. The molecule has 3 heterocycles. The van der Waals surface area contributed by atoms with E-state index in [1.807, 2.05) is 24.3 Å². The molecule has 2 aliphatic rings. The molecule has 3 rings (SSSR count). The number of carbonyl (C=O) groups excluding carboxylic acids is 1. The number of hydrogen-bond acceptors (Lipinski definition) is 3. The summed E-state index contributed by atoms with van der Waals surface area (Å²) >= 11 is 0. The zero-order valence-electron chi connectivity index (χ0n) is 11.5. The molecule has 4 nitrogen and oxygen atoms in total. The molecule has 0 aliphatic carbocycles. The molecule has 0 unspecified atom stereocenters. The summed E-state index contributed by atoms with van der Waals surface area (Å²) in [5, 5.41) is 0. The Bertz CT molecular complexity index is 452. The Morgan fingerprint density at radius 3 is 2.37 bits per heavy atom. The molecule has 1 aromatic heterocycles. The molecular weight excluding hydrogens is 238 g/mol. The van der Waals surface area contributed by atoms with Crippen molar-refractivity contribution in [1.82, 2.24) is 14.8 Å². The predicted octanol–water partition coefficient (Wildman–Crippen LogP) is 1.53. The Hall–Kier alpha value is -1.42. The highest BCUT2D eigenvalue weighted by atomic mass is 16.2. The summed E-state index contributed by atoms with van der Waals surface area (Å²) in [5.41, 5.74) is 1.27. The van der Waals surface area contributed by atoms with E-state index in [1.165, 1.54) is 5.56 Å². The Labute approximate surface area is 114 Å². The molecule has 102 valence electrons. The van der Waals surface area contributed by atoms with Gasteiger partial charge in [0.2, 0.25) is 5.91 Å². The van der Waals surface area contributed by atoms with Crippen molar-refractivity contribution >= 4 is 5.91 Å². The molecule has 2 saturated heterocycles. The van der Waals surface area contributed by atoms with Crippen molar-refractivity contribution in [2.75, 3.05) is 26.7 Å². The summed E-state index contributed by atoms with van der Waals surface area (Å²) in [7, 11) is 1.93. The molecule has 0 atom stereocenters. The van der Waals surface area contributed by atoms with Crippen LogP contribution in [0.3, 0.4) is 0 Å². The normalized spacial score (nSPS) is 23.2. The lowest BCUT2D eigenvalue weighted by Crippen LogP contribution is -2.43. The van der Waals surface area contributed by atoms with Crippen LogP contribution in [0.2, 0.25) is 0 Å². The molecule has 2 aliphatic heterocycles. The van der Waals surface area contributed by atoms with E-state index in [2.05, 4.69) is 22.0 Å². The molecule has 0 saturated carbocycles. The van der Waals surface area contributed by atoms with Gasteiger partial charge in [0.15, 0.2) is 0 Å². The predicted molar refractivity (Wildman–Crippen MR) is 73.4 cm³/mol. The number of pyridine rings is 1. The zero-order chi connectivity index (χ0) is 13.3. The van der Waals surface area contributed by atoms with Gasteiger partial charge in [0.1, 0.15) is 0 Å². The number of likely N-dealkylation sites (tertiary alicyclic amines) is 2. The highest BCUT2D eigenvalue weighted by molar-refractivity contribution is 5.84. The van der Waals surface area contributed by atoms with Gasteiger partial charge in [-0.3, -0.25) is 14.7 Å². The van der Waals surface area contributed by atoms with Crippen LogP contribution in [-0.4, -0.2) is 47.4 Å². The molecule has 0 bridgehead atoms. The molecular formula is C15H21N3O. The first kappa shape index (κ1) is 12.6. The molecule has 1 amide bonds. The number of carbonyl (C=O) groups is 1. The molecule has 1 spiro atoms. The van der Waals surface area contributed by atoms with E-state index in [0.29, 0.717) is 5.91 Å². The average molecular weight is 259 g/mol. The molecule has 1 aromatic rings. The van der Waals surface area contributed by atoms with Crippen molar-refractivity contribution in [2.24, 2.45) is 5.41 Å². The highest BCUT2D eigenvalue weighted by Crippen LogP contribution is 2.41. The van der Waals surface area contributed by atoms with Crippen molar-refractivity contribution in [2.45, 2.75) is 25.8 Å². The van der Waals surface area contributed by atoms with Gasteiger partial charge in [-0.15, -0.1) is 0 Å². The van der Waals surface area contributed by atoms with E-state index >= 15 is 0 Å². The second kappa shape index (κ2) is 4.93. The summed E-state index contributed by atoms with van der Waals surface area (Å²) in [6, 6.07) is 4.14. The van der Waals surface area contributed by atoms with Crippen molar-refractivity contribution in [3.8, 4) is 0 Å². The van der Waals surface area contributed by atoms with Crippen molar-refractivity contribution in [1.29, 1.82) is 0 Å². The van der Waals surface area contributed by atoms with Crippen molar-refractivity contribution in [3.63, 3.8) is 0 Å². The van der Waals surface area contributed by atoms with Crippen LogP contribution in [0, 0.1) is 5.41 Å². The van der Waals surface area contributed by atoms with Crippen LogP contribution >= 0.6 is 0 Å². The second-order valence-corrected chi connectivity index (χ2v) is 5.89. The summed E-state index contributed by atoms with van der Waals surface area (Å²) in [6.07, 6.45) is 6.76. The lowest BCUT2D eigenvalue weighted by molar-refractivity contribution is -0.137. The average Bonchev–Trinajstić information content (AvgIpc) is 2.72. The fraction of sp³-hybridized carbons (Fsp3) is 0.600. The molecule has 0 radical (unpaired) electrons. The molecule has 0 N–H and O–H groups in total. The lowest BCUT2D eigenvalue weighted by Gasteiger charge is -2.37. The molecule has 0 aromatic carbocycles. The summed E-state index contributed by atoms with van der Waals surface area (Å²) < 4.78 is 0. The smallest absolute Gasteiger partial charge is 0.228 e. The fourth-order valence-electron chi connectivity index (χ4n) is 3.34. The van der Waals surface area contributed by atoms with Gasteiger partial charge in [-0.05, 0) is 50.0 Å². The van der Waals surface area contributed by atoms with Crippen LogP contribution in [0.4, 0.5) is 0 Å². The van der Waals surface area contributed by atoms with Crippen LogP contribution in [0.15, 0.2) is 24.5 Å². The highest BCUT2D eigenvalue weighted by Gasteiger charge is 2.46. The second-order valence-electron chi connectivity index (χ2n) is 5.89. The molecule has 19 heavy (non-hydrogen) atoms. The maximum Gasteiger partial charge on any atom is 0.228 e. The third-order valence-electron chi connectivity index (χ3n) is 4.69. The Morgan fingerprint density at radius 1 is 1.16 bits per heavy atom. The van der Waals surface area contributed by atoms with Gasteiger partial charge in [0.05, 0.1) is 5.41 Å². The van der Waals surface area contributed by atoms with Crippen LogP contribution in [-0.2, 0) is 11.3 Å². The Morgan fingerprint density at radius 2 is 1.79 bits per heavy atom. The van der Waals surface area contributed by atoms with Gasteiger partial charge in [-0.2, -0.15) is 0 Å². The van der Waals surface area contributed by atoms with E-state index < -0.39 is 0 Å². The zero-order valence-corrected chi connectivity index (χ0v) is 11.5. The van der Waals surface area contributed by atoms with Gasteiger partial charge in [0, 0.05) is 32.5 Å². The first-order valence-electron chi connectivity index (χ1n) is 7.06. The number of hydrogen-bond donors (Lipinski definition) is 0. The first-order chi connectivity index (χ1) is 9.20. The van der Waals surface area contributed by atoms with Gasteiger partial charge in [-0.25, -0.2) is 0 Å². The lowest BCUT2D eigenvalue weighted by atomic mass is 9.77. The van der Waals surface area contributed by atoms with Gasteiger partial charge >= 0.3 is 0 Å². The third kappa shape index (κ3) is 2.37. The minimum atomic E-state index is -0.0382. The van der Waals surface area contributed by atoms with Crippen molar-refractivity contribution in [3.05, 3.63) is 30.1 Å². The standard InChI is InChI=1S/C15H21N3O/c1-17-9-4-15(14(17)19)5-10-18(11-6-15)12-13-2-7-16-8-3-13/h2-3,7-8H,4-6,9-12H2,1H3. The third-order valence-corrected chi connectivity index (χ3v) is 4.69. The number of aromatic nitrogens is 1. The first-order valence-corrected chi connectivity index (χ1v) is 7.06. The number of piperidine rings is 1. The van der Waals surface area contributed by atoms with Crippen LogP contribution < -0.4 is 0 Å². The summed E-state index contributed by atoms with van der Waals surface area (Å²) in [5.74, 6) is 0.371. The topological polar surface area (TPSA) is 36.4 Å². The number of amides is 1. The quantitative estimate of drug-likeness (QED) is 0.808. The van der Waals surface area contributed by atoms with E-state index in [0.717, 1.165) is 45.4 Å². The number of rotatable bonds is 2. The summed E-state index contributed by atoms with van der Waals surface area (Å²) in [4.78, 5) is 20.6. The molecule has 4 heteroatoms. The van der Waals surface area contributed by atoms with Gasteiger partial charge in [0.25, 0.3) is 0 Å². The van der Waals surface area contributed by atoms with E-state index in [9.17, 15) is 4.79 Å². The van der Waals surface area contributed by atoms with E-state index in [1.54, 1.807) is 0 Å². The molecule has 2 fully saturated rings. The maximum absolute atomic E-state index is 12.2.